The SMILES string of the molecule is Cc1cc(C=NN)c(C)n1-c1ccccc1. The number of hydrogen-bond acceptors (Lipinski definition) is 2. The van der Waals surface area contributed by atoms with Gasteiger partial charge in [-0.3, -0.25) is 0 Å². The van der Waals surface area contributed by atoms with Gasteiger partial charge in [0, 0.05) is 22.6 Å². The van der Waals surface area contributed by atoms with Crippen molar-refractivity contribution in [1.29, 1.82) is 0 Å². The summed E-state index contributed by atoms with van der Waals surface area (Å²) < 4.78 is 2.19. The largest absolute Gasteiger partial charge is 0.323 e. The Balaban J connectivity index is 2.58. The Morgan fingerprint density at radius 2 is 1.88 bits per heavy atom. The zero-order valence-electron chi connectivity index (χ0n) is 9.51. The fourth-order valence-corrected chi connectivity index (χ4v) is 1.97. The second-order valence-electron chi connectivity index (χ2n) is 3.78. The van der Waals surface area contributed by atoms with E-state index in [-0.39, 0.29) is 0 Å². The normalized spacial score (nSPS) is 11.1. The summed E-state index contributed by atoms with van der Waals surface area (Å²) in [5.41, 5.74) is 4.55. The number of para-hydroxylation sites is 1. The summed E-state index contributed by atoms with van der Waals surface area (Å²) in [4.78, 5) is 0. The number of hydrazone groups is 1. The van der Waals surface area contributed by atoms with Gasteiger partial charge in [0.05, 0.1) is 6.21 Å². The summed E-state index contributed by atoms with van der Waals surface area (Å²) in [6.07, 6.45) is 1.68. The number of nitrogens with two attached hydrogens (primary N) is 1. The summed E-state index contributed by atoms with van der Waals surface area (Å²) in [7, 11) is 0. The minimum Gasteiger partial charge on any atom is -0.323 e. The molecule has 3 nitrogen and oxygen atoms in total. The van der Waals surface area contributed by atoms with Gasteiger partial charge >= 0.3 is 0 Å². The number of rotatable bonds is 2. The molecular formula is C13H15N3. The summed E-state index contributed by atoms with van der Waals surface area (Å²) >= 11 is 0. The van der Waals surface area contributed by atoms with Crippen LogP contribution in [0, 0.1) is 13.8 Å². The predicted molar refractivity (Wildman–Crippen MR) is 67.0 cm³/mol. The van der Waals surface area contributed by atoms with Crippen LogP contribution in [0.15, 0.2) is 41.5 Å². The molecule has 1 aromatic heterocycles. The van der Waals surface area contributed by atoms with Crippen molar-refractivity contribution in [1.82, 2.24) is 4.57 Å². The second kappa shape index (κ2) is 4.23. The quantitative estimate of drug-likeness (QED) is 0.464. The smallest absolute Gasteiger partial charge is 0.0556 e. The number of hydrogen-bond donors (Lipinski definition) is 1. The second-order valence-corrected chi connectivity index (χ2v) is 3.78. The van der Waals surface area contributed by atoms with Gasteiger partial charge in [0.1, 0.15) is 0 Å². The van der Waals surface area contributed by atoms with Crippen LogP contribution in [0.5, 0.6) is 0 Å². The van der Waals surface area contributed by atoms with Crippen LogP contribution >= 0.6 is 0 Å². The lowest BCUT2D eigenvalue weighted by Crippen LogP contribution is -1.99. The van der Waals surface area contributed by atoms with Gasteiger partial charge < -0.3 is 10.4 Å². The summed E-state index contributed by atoms with van der Waals surface area (Å²) in [5, 5.41) is 3.58. The van der Waals surface area contributed by atoms with Gasteiger partial charge in [-0.15, -0.1) is 0 Å². The Hall–Kier alpha value is -2.03. The molecule has 0 amide bonds. The van der Waals surface area contributed by atoms with Gasteiger partial charge in [-0.1, -0.05) is 18.2 Å². The first-order valence-electron chi connectivity index (χ1n) is 5.21. The molecule has 0 spiro atoms. The van der Waals surface area contributed by atoms with Crippen molar-refractivity contribution < 1.29 is 0 Å². The van der Waals surface area contributed by atoms with Crippen LogP contribution in [0.25, 0.3) is 5.69 Å². The van der Waals surface area contributed by atoms with E-state index >= 15 is 0 Å². The van der Waals surface area contributed by atoms with Crippen LogP contribution in [-0.2, 0) is 0 Å². The van der Waals surface area contributed by atoms with E-state index in [1.165, 1.54) is 5.69 Å². The molecule has 0 radical (unpaired) electrons. The first kappa shape index (κ1) is 10.5. The van der Waals surface area contributed by atoms with Gasteiger partial charge in [-0.2, -0.15) is 5.10 Å². The molecule has 2 rings (SSSR count). The Morgan fingerprint density at radius 1 is 1.19 bits per heavy atom. The van der Waals surface area contributed by atoms with Crippen molar-refractivity contribution in [3.63, 3.8) is 0 Å². The maximum Gasteiger partial charge on any atom is 0.0556 e. The first-order chi connectivity index (χ1) is 7.74. The molecule has 0 aliphatic heterocycles. The molecule has 1 aromatic carbocycles. The van der Waals surface area contributed by atoms with Crippen LogP contribution < -0.4 is 5.84 Å². The molecule has 2 aromatic rings. The van der Waals surface area contributed by atoms with Crippen molar-refractivity contribution in [2.75, 3.05) is 0 Å². The topological polar surface area (TPSA) is 43.3 Å². The first-order valence-corrected chi connectivity index (χ1v) is 5.21. The molecule has 0 fully saturated rings. The molecule has 0 aliphatic carbocycles. The van der Waals surface area contributed by atoms with E-state index in [2.05, 4.69) is 41.7 Å². The highest BCUT2D eigenvalue weighted by atomic mass is 15.1. The Bertz CT molecular complexity index is 509. The molecule has 0 saturated carbocycles. The van der Waals surface area contributed by atoms with Crippen LogP contribution in [0.4, 0.5) is 0 Å². The van der Waals surface area contributed by atoms with Crippen molar-refractivity contribution in [3.8, 4) is 5.69 Å². The fraction of sp³-hybridized carbons (Fsp3) is 0.154. The fourth-order valence-electron chi connectivity index (χ4n) is 1.97. The lowest BCUT2D eigenvalue weighted by Gasteiger charge is -2.08. The molecule has 82 valence electrons. The third kappa shape index (κ3) is 1.72. The van der Waals surface area contributed by atoms with E-state index in [1.807, 2.05) is 18.2 Å². The van der Waals surface area contributed by atoms with Gasteiger partial charge in [0.15, 0.2) is 0 Å². The van der Waals surface area contributed by atoms with Crippen LogP contribution in [0.3, 0.4) is 0 Å². The van der Waals surface area contributed by atoms with Crippen LogP contribution in [-0.4, -0.2) is 10.8 Å². The van der Waals surface area contributed by atoms with Gasteiger partial charge in [0.25, 0.3) is 0 Å². The molecule has 1 heterocycles. The monoisotopic (exact) mass is 213 g/mol. The maximum absolute atomic E-state index is 5.19. The van der Waals surface area contributed by atoms with Crippen molar-refractivity contribution >= 4 is 6.21 Å². The molecule has 2 N–H and O–H groups in total. The molecule has 3 heteroatoms. The zero-order chi connectivity index (χ0) is 11.5. The Kier molecular flexibility index (Phi) is 2.77. The van der Waals surface area contributed by atoms with Gasteiger partial charge in [-0.05, 0) is 32.0 Å². The molecule has 0 unspecified atom stereocenters. The third-order valence-electron chi connectivity index (χ3n) is 2.70. The molecule has 0 saturated heterocycles. The number of aromatic nitrogens is 1. The predicted octanol–water partition coefficient (Wildman–Crippen LogP) is 2.39. The summed E-state index contributed by atoms with van der Waals surface area (Å²) in [6, 6.07) is 12.3. The van der Waals surface area contributed by atoms with E-state index in [1.54, 1.807) is 6.21 Å². The molecule has 0 atom stereocenters. The Morgan fingerprint density at radius 3 is 2.50 bits per heavy atom. The average Bonchev–Trinajstić information content (AvgIpc) is 2.56. The highest BCUT2D eigenvalue weighted by Gasteiger charge is 2.08. The van der Waals surface area contributed by atoms with E-state index in [0.29, 0.717) is 0 Å². The van der Waals surface area contributed by atoms with Crippen LogP contribution in [0.1, 0.15) is 17.0 Å². The van der Waals surface area contributed by atoms with Crippen LogP contribution in [0.2, 0.25) is 0 Å². The molecule has 0 bridgehead atoms. The van der Waals surface area contributed by atoms with E-state index in [0.717, 1.165) is 16.9 Å². The van der Waals surface area contributed by atoms with E-state index in [4.69, 9.17) is 5.84 Å². The summed E-state index contributed by atoms with van der Waals surface area (Å²) in [6.45, 7) is 4.14. The third-order valence-corrected chi connectivity index (χ3v) is 2.70. The van der Waals surface area contributed by atoms with Gasteiger partial charge in [-0.25, -0.2) is 0 Å². The average molecular weight is 213 g/mol. The molecule has 16 heavy (non-hydrogen) atoms. The minimum absolute atomic E-state index is 1.06. The van der Waals surface area contributed by atoms with Gasteiger partial charge in [0.2, 0.25) is 0 Å². The highest BCUT2D eigenvalue weighted by molar-refractivity contribution is 5.81. The molecular weight excluding hydrogens is 198 g/mol. The summed E-state index contributed by atoms with van der Waals surface area (Å²) in [5.74, 6) is 5.19. The number of nitrogens with zero attached hydrogens (tertiary/aromatic N) is 2. The molecule has 0 aliphatic rings. The minimum atomic E-state index is 1.06. The zero-order valence-corrected chi connectivity index (χ0v) is 9.51. The van der Waals surface area contributed by atoms with Crippen molar-refractivity contribution in [2.24, 2.45) is 10.9 Å². The number of benzene rings is 1. The maximum atomic E-state index is 5.19. The highest BCUT2D eigenvalue weighted by Crippen LogP contribution is 2.19. The number of aryl methyl sites for hydroxylation is 1. The van der Waals surface area contributed by atoms with Crippen molar-refractivity contribution in [2.45, 2.75) is 13.8 Å². The Labute approximate surface area is 95.2 Å². The standard InChI is InChI=1S/C13H15N3/c1-10-8-12(9-15-14)11(2)16(10)13-6-4-3-5-7-13/h3-9H,14H2,1-2H3. The lowest BCUT2D eigenvalue weighted by molar-refractivity contribution is 0.965. The lowest BCUT2D eigenvalue weighted by atomic mass is 10.2. The van der Waals surface area contributed by atoms with E-state index in [9.17, 15) is 0 Å². The van der Waals surface area contributed by atoms with Crippen molar-refractivity contribution in [3.05, 3.63) is 53.3 Å². The van der Waals surface area contributed by atoms with E-state index < -0.39 is 0 Å².